The summed E-state index contributed by atoms with van der Waals surface area (Å²) in [6, 6.07) is -1.41. The van der Waals surface area contributed by atoms with Crippen molar-refractivity contribution in [3.05, 3.63) is 0 Å². The summed E-state index contributed by atoms with van der Waals surface area (Å²) < 4.78 is 31.7. The van der Waals surface area contributed by atoms with E-state index in [2.05, 4.69) is 24.1 Å². The fraction of sp³-hybridized carbons (Fsp3) is 0.885. The van der Waals surface area contributed by atoms with Gasteiger partial charge in [0, 0.05) is 12.8 Å². The quantitative estimate of drug-likeness (QED) is 0.0929. The van der Waals surface area contributed by atoms with Gasteiger partial charge in [0.15, 0.2) is 6.10 Å². The topological polar surface area (TPSA) is 179 Å². The highest BCUT2D eigenvalue weighted by Gasteiger charge is 2.22. The predicted octanol–water partition coefficient (Wildman–Crippen LogP) is 2.58. The zero-order valence-electron chi connectivity index (χ0n) is 23.3. The highest BCUT2D eigenvalue weighted by atomic mass is 31.2. The number of aliphatic carboxylic acids is 1. The fourth-order valence-electron chi connectivity index (χ4n) is 3.53. The molecule has 224 valence electrons. The summed E-state index contributed by atoms with van der Waals surface area (Å²) >= 11 is 0. The number of phosphoric ester groups is 1. The van der Waals surface area contributed by atoms with Gasteiger partial charge in [-0.3, -0.25) is 14.2 Å². The van der Waals surface area contributed by atoms with Crippen LogP contribution < -0.4 is 15.7 Å². The molecule has 0 aliphatic carbocycles. The lowest BCUT2D eigenvalue weighted by Gasteiger charge is -2.26. The summed E-state index contributed by atoms with van der Waals surface area (Å²) in [7, 11) is -4.92. The molecule has 0 saturated heterocycles. The van der Waals surface area contributed by atoms with Crippen molar-refractivity contribution in [2.24, 2.45) is 0 Å². The van der Waals surface area contributed by atoms with E-state index in [0.717, 1.165) is 44.9 Å². The lowest BCUT2D eigenvalue weighted by Crippen LogP contribution is -2.70. The van der Waals surface area contributed by atoms with Crippen LogP contribution >= 0.6 is 7.82 Å². The smallest absolute Gasteiger partial charge is 0.306 e. The van der Waals surface area contributed by atoms with Crippen LogP contribution in [0, 0.1) is 0 Å². The van der Waals surface area contributed by atoms with Crippen molar-refractivity contribution in [3.8, 4) is 0 Å². The molecule has 0 aromatic carbocycles. The molecular weight excluding hydrogens is 517 g/mol. The van der Waals surface area contributed by atoms with E-state index in [1.165, 1.54) is 32.1 Å². The van der Waals surface area contributed by atoms with E-state index >= 15 is 0 Å². The van der Waals surface area contributed by atoms with Gasteiger partial charge in [-0.2, -0.15) is 0 Å². The van der Waals surface area contributed by atoms with Crippen molar-refractivity contribution < 1.29 is 53.2 Å². The first kappa shape index (κ1) is 36.5. The number of rotatable bonds is 26. The second kappa shape index (κ2) is 23.4. The van der Waals surface area contributed by atoms with Crippen molar-refractivity contribution in [1.29, 1.82) is 0 Å². The van der Waals surface area contributed by atoms with Crippen LogP contribution in [-0.4, -0.2) is 49.9 Å². The minimum Gasteiger partial charge on any atom is -0.756 e. The van der Waals surface area contributed by atoms with Gasteiger partial charge in [-0.25, -0.2) is 0 Å². The van der Waals surface area contributed by atoms with Crippen LogP contribution in [0.25, 0.3) is 0 Å². The monoisotopic (exact) mass is 566 g/mol. The lowest BCUT2D eigenvalue weighted by molar-refractivity contribution is -0.441. The minimum absolute atomic E-state index is 0.149. The van der Waals surface area contributed by atoms with E-state index in [4.69, 9.17) is 14.0 Å². The Bertz CT molecular complexity index is 691. The number of phosphoric acid groups is 1. The van der Waals surface area contributed by atoms with E-state index < -0.39 is 51.1 Å². The minimum atomic E-state index is -4.92. The van der Waals surface area contributed by atoms with E-state index in [1.54, 1.807) is 0 Å². The van der Waals surface area contributed by atoms with Crippen LogP contribution in [0.5, 0.6) is 0 Å². The number of unbranched alkanes of at least 4 members (excludes halogenated alkanes) is 12. The van der Waals surface area contributed by atoms with E-state index in [0.29, 0.717) is 12.8 Å². The molecule has 0 amide bonds. The summed E-state index contributed by atoms with van der Waals surface area (Å²) in [4.78, 5) is 47.1. The molecule has 0 heterocycles. The Morgan fingerprint density at radius 2 is 1.16 bits per heavy atom. The van der Waals surface area contributed by atoms with Gasteiger partial charge in [-0.15, -0.1) is 0 Å². The van der Waals surface area contributed by atoms with Crippen molar-refractivity contribution in [3.63, 3.8) is 0 Å². The molecule has 0 fully saturated rings. The largest absolute Gasteiger partial charge is 0.756 e. The molecule has 0 aromatic rings. The third kappa shape index (κ3) is 22.5. The van der Waals surface area contributed by atoms with Gasteiger partial charge < -0.3 is 39.0 Å². The van der Waals surface area contributed by atoms with Crippen molar-refractivity contribution >= 4 is 25.7 Å². The molecule has 38 heavy (non-hydrogen) atoms. The number of ether oxygens (including phenoxy) is 2. The average molecular weight is 567 g/mol. The number of quaternary nitrogens is 1. The van der Waals surface area contributed by atoms with Gasteiger partial charge in [0.2, 0.25) is 0 Å². The molecule has 0 radical (unpaired) electrons. The number of hydrogen-bond donors (Lipinski definition) is 1. The second-order valence-electron chi connectivity index (χ2n) is 9.59. The van der Waals surface area contributed by atoms with Crippen LogP contribution in [0.15, 0.2) is 0 Å². The average Bonchev–Trinajstić information content (AvgIpc) is 2.87. The standard InChI is InChI=1S/C26H50NO10P/c1-3-5-7-9-11-13-15-17-24(28)34-19-22(20-35-38(32,33)36-21-23(27)26(30)31)37-25(29)18-16-14-12-10-8-6-4-2/h22-23H,3-21,27H2,1-2H3,(H,30,31)(H,32,33)/p-1/t22-,23?/m1/s1. The van der Waals surface area contributed by atoms with Crippen molar-refractivity contribution in [2.75, 3.05) is 19.8 Å². The molecule has 2 unspecified atom stereocenters. The van der Waals surface area contributed by atoms with E-state index in [9.17, 15) is 28.9 Å². The van der Waals surface area contributed by atoms with E-state index in [1.807, 2.05) is 0 Å². The molecule has 3 N–H and O–H groups in total. The maximum atomic E-state index is 12.3. The molecule has 0 saturated carbocycles. The normalized spacial score (nSPS) is 14.4. The molecular formula is C26H49NO10P-. The Labute approximate surface area is 227 Å². The SMILES string of the molecule is CCCCCCCCCC(=O)OC[C@H](COP(=O)([O-])OCC([NH3+])C(=O)[O-])OC(=O)CCCCCCCCC. The highest BCUT2D eigenvalue weighted by molar-refractivity contribution is 7.45. The maximum absolute atomic E-state index is 12.3. The van der Waals surface area contributed by atoms with Gasteiger partial charge in [0.05, 0.1) is 6.61 Å². The third-order valence-electron chi connectivity index (χ3n) is 5.88. The predicted molar refractivity (Wildman–Crippen MR) is 137 cm³/mol. The molecule has 0 aliphatic rings. The molecule has 11 nitrogen and oxygen atoms in total. The summed E-state index contributed by atoms with van der Waals surface area (Å²) in [6.07, 6.45) is 13.7. The number of carbonyl (C=O) groups is 3. The highest BCUT2D eigenvalue weighted by Crippen LogP contribution is 2.38. The first-order valence-electron chi connectivity index (χ1n) is 14.1. The Balaban J connectivity index is 4.61. The number of hydrogen-bond acceptors (Lipinski definition) is 10. The van der Waals surface area contributed by atoms with E-state index in [-0.39, 0.29) is 19.4 Å². The first-order chi connectivity index (χ1) is 18.1. The Morgan fingerprint density at radius 3 is 1.66 bits per heavy atom. The van der Waals surface area contributed by atoms with Crippen LogP contribution in [0.4, 0.5) is 0 Å². The molecule has 0 aliphatic heterocycles. The zero-order valence-corrected chi connectivity index (χ0v) is 24.2. The van der Waals surface area contributed by atoms with Gasteiger partial charge in [0.25, 0.3) is 7.82 Å². The second-order valence-corrected chi connectivity index (χ2v) is 11.0. The van der Waals surface area contributed by atoms with Gasteiger partial charge in [0.1, 0.15) is 25.2 Å². The maximum Gasteiger partial charge on any atom is 0.306 e. The van der Waals surface area contributed by atoms with Gasteiger partial charge in [-0.1, -0.05) is 90.9 Å². The number of esters is 2. The third-order valence-corrected chi connectivity index (χ3v) is 6.81. The molecule has 0 aromatic heterocycles. The molecule has 0 spiro atoms. The van der Waals surface area contributed by atoms with Crippen molar-refractivity contribution in [1.82, 2.24) is 0 Å². The van der Waals surface area contributed by atoms with Crippen LogP contribution in [-0.2, 0) is 37.5 Å². The first-order valence-corrected chi connectivity index (χ1v) is 15.6. The summed E-state index contributed by atoms with van der Waals surface area (Å²) in [5.74, 6) is -2.59. The van der Waals surface area contributed by atoms with Crippen molar-refractivity contribution in [2.45, 2.75) is 129 Å². The Kier molecular flexibility index (Phi) is 22.4. The summed E-state index contributed by atoms with van der Waals surface area (Å²) in [5.41, 5.74) is 3.20. The molecule has 3 atom stereocenters. The van der Waals surface area contributed by atoms with Crippen LogP contribution in [0.2, 0.25) is 0 Å². The number of carbonyl (C=O) groups excluding carboxylic acids is 3. The summed E-state index contributed by atoms with van der Waals surface area (Å²) in [6.45, 7) is 2.53. The number of carboxylic acids is 1. The molecule has 12 heteroatoms. The van der Waals surface area contributed by atoms with Gasteiger partial charge >= 0.3 is 11.9 Å². The number of carboxylic acid groups (broad SMARTS) is 1. The van der Waals surface area contributed by atoms with Crippen LogP contribution in [0.3, 0.4) is 0 Å². The molecule has 0 bridgehead atoms. The zero-order chi connectivity index (χ0) is 28.7. The fourth-order valence-corrected chi connectivity index (χ4v) is 4.32. The van der Waals surface area contributed by atoms with Gasteiger partial charge in [-0.05, 0) is 12.8 Å². The molecule has 0 rings (SSSR count). The van der Waals surface area contributed by atoms with Crippen LogP contribution in [0.1, 0.15) is 117 Å². The Morgan fingerprint density at radius 1 is 0.711 bits per heavy atom. The lowest BCUT2D eigenvalue weighted by atomic mass is 10.1. The Hall–Kier alpha value is -1.52. The summed E-state index contributed by atoms with van der Waals surface area (Å²) in [5, 5.41) is 10.7.